The molecule has 6 N–H and O–H groups in total. The van der Waals surface area contributed by atoms with Gasteiger partial charge in [-0.25, -0.2) is 4.79 Å². The number of rotatable bonds is 37. The molecule has 0 aromatic heterocycles. The zero-order chi connectivity index (χ0) is 51.2. The van der Waals surface area contributed by atoms with Crippen molar-refractivity contribution in [1.82, 2.24) is 0 Å². The van der Waals surface area contributed by atoms with Gasteiger partial charge in [-0.05, 0) is 37.1 Å². The predicted octanol–water partition coefficient (Wildman–Crippen LogP) is 15.2. The molecule has 13 nitrogen and oxygen atoms in total. The summed E-state index contributed by atoms with van der Waals surface area (Å²) >= 11 is 0. The number of ether oxygens (including phenoxy) is 4. The summed E-state index contributed by atoms with van der Waals surface area (Å²) in [6, 6.07) is 6.70. The van der Waals surface area contributed by atoms with Crippen LogP contribution in [0.15, 0.2) is 36.4 Å². The Hall–Kier alpha value is -5.33. The first-order valence-electron chi connectivity index (χ1n) is 27.4. The molecule has 0 spiro atoms. The fourth-order valence-corrected chi connectivity index (χ4v) is 9.36. The Kier molecular flexibility index (Phi) is 27.4. The summed E-state index contributed by atoms with van der Waals surface area (Å²) in [5, 5.41) is 64.5. The molecule has 0 fully saturated rings. The number of hydrogen-bond acceptors (Lipinski definition) is 13. The van der Waals surface area contributed by atoms with Gasteiger partial charge in [0.1, 0.15) is 23.4 Å². The Morgan fingerprint density at radius 1 is 0.465 bits per heavy atom. The Morgan fingerprint density at radius 3 is 1.20 bits per heavy atom. The van der Waals surface area contributed by atoms with Crippen LogP contribution >= 0.6 is 0 Å². The highest BCUT2D eigenvalue weighted by molar-refractivity contribution is 5.91. The number of phenols is 6. The van der Waals surface area contributed by atoms with Crippen molar-refractivity contribution in [1.29, 1.82) is 0 Å². The average molecular weight is 991 g/mol. The highest BCUT2D eigenvalue weighted by atomic mass is 16.6. The molecule has 1 aliphatic heterocycles. The fourth-order valence-electron chi connectivity index (χ4n) is 9.36. The maximum Gasteiger partial charge on any atom is 0.338 e. The lowest BCUT2D eigenvalue weighted by molar-refractivity contribution is -0.135. The second-order valence-corrected chi connectivity index (χ2v) is 19.7. The van der Waals surface area contributed by atoms with Gasteiger partial charge in [-0.2, -0.15) is 0 Å². The molecule has 4 rings (SSSR count). The predicted molar refractivity (Wildman–Crippen MR) is 276 cm³/mol. The first-order valence-corrected chi connectivity index (χ1v) is 27.4. The first-order chi connectivity index (χ1) is 34.4. The molecule has 1 heterocycles. The third kappa shape index (κ3) is 21.5. The maximum atomic E-state index is 13.6. The van der Waals surface area contributed by atoms with E-state index in [4.69, 9.17) is 18.9 Å². The topological polar surface area (TPSA) is 210 Å². The van der Waals surface area contributed by atoms with Crippen LogP contribution in [0.25, 0.3) is 0 Å². The van der Waals surface area contributed by atoms with Crippen LogP contribution in [0.5, 0.6) is 51.7 Å². The molecular formula is C58H86O13. The average Bonchev–Trinajstić information content (AvgIpc) is 3.33. The number of fused-ring (bicyclic) bond motifs is 1. The summed E-state index contributed by atoms with van der Waals surface area (Å²) in [4.78, 5) is 39.1. The van der Waals surface area contributed by atoms with E-state index in [9.17, 15) is 45.0 Å². The van der Waals surface area contributed by atoms with Crippen LogP contribution in [-0.4, -0.2) is 54.7 Å². The SMILES string of the molecule is CCCCCCCCCCCCCCCCCC(=O)Oc1c(O)cc(C(=O)O[C@@H]2Cc3c(O)cc(O)cc3O[C@@H]2c2cc(O)c(OC(=O)CCCCCCCCCCCCCCCCC)c(O)c2)cc1O. The third-order valence-corrected chi connectivity index (χ3v) is 13.5. The molecule has 0 bridgehead atoms. The van der Waals surface area contributed by atoms with E-state index in [0.717, 1.165) is 56.7 Å². The highest BCUT2D eigenvalue weighted by Crippen LogP contribution is 2.47. The first kappa shape index (κ1) is 58.2. The minimum atomic E-state index is -1.25. The molecule has 3 aromatic carbocycles. The van der Waals surface area contributed by atoms with Gasteiger partial charge in [0.05, 0.1) is 5.56 Å². The molecule has 3 aromatic rings. The summed E-state index contributed by atoms with van der Waals surface area (Å²) in [7, 11) is 0. The van der Waals surface area contributed by atoms with E-state index in [-0.39, 0.29) is 53.2 Å². The van der Waals surface area contributed by atoms with Gasteiger partial charge in [-0.1, -0.05) is 194 Å². The van der Waals surface area contributed by atoms with Gasteiger partial charge in [0, 0.05) is 42.5 Å². The zero-order valence-electron chi connectivity index (χ0n) is 43.0. The largest absolute Gasteiger partial charge is 0.508 e. The van der Waals surface area contributed by atoms with Crippen molar-refractivity contribution in [2.45, 2.75) is 238 Å². The van der Waals surface area contributed by atoms with Crippen LogP contribution in [0.1, 0.15) is 247 Å². The fraction of sp³-hybridized carbons (Fsp3) is 0.638. The lowest BCUT2D eigenvalue weighted by Crippen LogP contribution is -2.34. The highest BCUT2D eigenvalue weighted by Gasteiger charge is 2.38. The van der Waals surface area contributed by atoms with Gasteiger partial charge in [0.15, 0.2) is 29.1 Å². The molecule has 2 atom stereocenters. The monoisotopic (exact) mass is 991 g/mol. The molecular weight excluding hydrogens is 905 g/mol. The number of phenolic OH excluding ortho intramolecular Hbond substituents is 6. The molecule has 0 aliphatic carbocycles. The van der Waals surface area contributed by atoms with E-state index in [2.05, 4.69) is 13.8 Å². The smallest absolute Gasteiger partial charge is 0.338 e. The van der Waals surface area contributed by atoms with Crippen molar-refractivity contribution < 1.29 is 64.0 Å². The van der Waals surface area contributed by atoms with Crippen molar-refractivity contribution in [2.75, 3.05) is 0 Å². The molecule has 0 radical (unpaired) electrons. The van der Waals surface area contributed by atoms with Gasteiger partial charge >= 0.3 is 17.9 Å². The number of benzene rings is 3. The number of aromatic hydroxyl groups is 6. The Morgan fingerprint density at radius 2 is 0.817 bits per heavy atom. The number of carbonyl (C=O) groups excluding carboxylic acids is 3. The van der Waals surface area contributed by atoms with Crippen molar-refractivity contribution in [2.24, 2.45) is 0 Å². The molecule has 1 aliphatic rings. The summed E-state index contributed by atoms with van der Waals surface area (Å²) in [5.41, 5.74) is -0.0177. The van der Waals surface area contributed by atoms with Gasteiger partial charge in [-0.3, -0.25) is 9.59 Å². The van der Waals surface area contributed by atoms with Crippen molar-refractivity contribution >= 4 is 17.9 Å². The van der Waals surface area contributed by atoms with E-state index in [0.29, 0.717) is 12.8 Å². The Balaban J connectivity index is 1.24. The Labute approximate surface area is 423 Å². The molecule has 71 heavy (non-hydrogen) atoms. The van der Waals surface area contributed by atoms with Gasteiger partial charge < -0.3 is 49.6 Å². The Bertz CT molecular complexity index is 2000. The summed E-state index contributed by atoms with van der Waals surface area (Å²) in [6.45, 7) is 4.48. The molecule has 396 valence electrons. The van der Waals surface area contributed by atoms with Crippen LogP contribution < -0.4 is 14.2 Å². The van der Waals surface area contributed by atoms with Crippen molar-refractivity contribution in [3.05, 3.63) is 53.1 Å². The third-order valence-electron chi connectivity index (χ3n) is 13.5. The van der Waals surface area contributed by atoms with E-state index in [1.54, 1.807) is 0 Å². The molecule has 0 unspecified atom stereocenters. The van der Waals surface area contributed by atoms with E-state index in [1.807, 2.05) is 0 Å². The van der Waals surface area contributed by atoms with Crippen molar-refractivity contribution in [3.63, 3.8) is 0 Å². The number of esters is 3. The molecule has 13 heteroatoms. The van der Waals surface area contributed by atoms with Crippen LogP contribution in [0.4, 0.5) is 0 Å². The summed E-state index contributed by atoms with van der Waals surface area (Å²) in [5.74, 6) is -6.34. The van der Waals surface area contributed by atoms with Gasteiger partial charge in [-0.15, -0.1) is 0 Å². The van der Waals surface area contributed by atoms with Gasteiger partial charge in [0.2, 0.25) is 11.5 Å². The van der Waals surface area contributed by atoms with Crippen LogP contribution in [0, 0.1) is 0 Å². The van der Waals surface area contributed by atoms with Gasteiger partial charge in [0.25, 0.3) is 0 Å². The van der Waals surface area contributed by atoms with Crippen LogP contribution in [-0.2, 0) is 20.7 Å². The number of carbonyl (C=O) groups is 3. The second-order valence-electron chi connectivity index (χ2n) is 19.7. The second kappa shape index (κ2) is 33.3. The normalized spacial score (nSPS) is 14.2. The number of hydrogen-bond donors (Lipinski definition) is 6. The molecule has 0 saturated heterocycles. The summed E-state index contributed by atoms with van der Waals surface area (Å²) < 4.78 is 22.6. The van der Waals surface area contributed by atoms with Crippen molar-refractivity contribution in [3.8, 4) is 51.7 Å². The summed E-state index contributed by atoms with van der Waals surface area (Å²) in [6.07, 6.45) is 33.2. The van der Waals surface area contributed by atoms with E-state index >= 15 is 0 Å². The minimum absolute atomic E-state index is 0.0450. The van der Waals surface area contributed by atoms with Crippen LogP contribution in [0.3, 0.4) is 0 Å². The quantitative estimate of drug-likeness (QED) is 0.0181. The van der Waals surface area contributed by atoms with E-state index in [1.165, 1.54) is 159 Å². The molecule has 0 saturated carbocycles. The molecule has 0 amide bonds. The minimum Gasteiger partial charge on any atom is -0.508 e. The zero-order valence-corrected chi connectivity index (χ0v) is 43.0. The lowest BCUT2D eigenvalue weighted by atomic mass is 9.93. The lowest BCUT2D eigenvalue weighted by Gasteiger charge is -2.34. The standard InChI is InChI=1S/C58H86O13/c1-3-5-7-9-11-13-15-17-19-21-23-25-27-29-31-33-53(65)70-56-47(61)35-42(36-48(56)62)55-52(41-45-46(60)39-44(59)40-51(45)68-55)69-58(67)43-37-49(63)57(50(64)38-43)71-54(66)34-32-30-28-26-24-22-20-18-16-14-12-10-8-6-4-2/h35-40,52,55,59-64H,3-34,41H2,1-2H3/t52-,55-/m1/s1. The number of unbranched alkanes of at least 4 members (excludes halogenated alkanes) is 28. The van der Waals surface area contributed by atoms with E-state index < -0.39 is 64.6 Å². The van der Waals surface area contributed by atoms with Crippen LogP contribution in [0.2, 0.25) is 0 Å². The maximum absolute atomic E-state index is 13.6.